The number of hydrogen-bond acceptors (Lipinski definition) is 16. The average molecular weight is 1540 g/mol. The van der Waals surface area contributed by atoms with Gasteiger partial charge in [-0.05, 0) is 198 Å². The summed E-state index contributed by atoms with van der Waals surface area (Å²) in [6, 6.07) is 63.5. The quantitative estimate of drug-likeness (QED) is 0.0415. The van der Waals surface area contributed by atoms with Gasteiger partial charge in [0.2, 0.25) is 5.36 Å². The SMILES string of the molecule is CCN(CC)c1ccc2nc3c4cc(C#CC#N)ccc4c(=O)cc-3oc2c1.CN(C)c1ccc2c(-c3cc(C(=O)NCc4cn(-c5ccc(C#CC#N)cc5)nn4)ccc3C(=O)[O-])c3ccc(=[N+](C)C)cc-3oc2c1.CN(C)c1ccc2c(c1)C(C)(C)c1cc(C#CC#N)ccc1-2.N#CC#Cc1ccc([125I])cc1. The van der Waals surface area contributed by atoms with Crippen molar-refractivity contribution in [3.05, 3.63) is 258 Å². The highest BCUT2D eigenvalue weighted by atomic mass is 125. The van der Waals surface area contributed by atoms with Crippen LogP contribution in [-0.2, 0) is 12.0 Å². The zero-order valence-electron chi connectivity index (χ0n) is 61.2. The van der Waals surface area contributed by atoms with E-state index in [9.17, 15) is 19.5 Å². The third-order valence-corrected chi connectivity index (χ3v) is 18.9. The first kappa shape index (κ1) is 75.9. The summed E-state index contributed by atoms with van der Waals surface area (Å²) in [6.45, 7) is 10.6. The third-order valence-electron chi connectivity index (χ3n) is 18.2. The number of nitrogens with one attached hydrogen (secondary N) is 1. The number of nitriles is 4. The van der Waals surface area contributed by atoms with E-state index in [0.717, 1.165) is 52.2 Å². The molecule has 0 saturated heterocycles. The Balaban J connectivity index is 0.000000163. The zero-order valence-corrected chi connectivity index (χ0v) is 63.4. The Morgan fingerprint density at radius 1 is 0.578 bits per heavy atom. The number of anilines is 3. The van der Waals surface area contributed by atoms with Gasteiger partial charge >= 0.3 is 0 Å². The number of carbonyl (C=O) groups is 2. The van der Waals surface area contributed by atoms with Gasteiger partial charge in [0.15, 0.2) is 41.0 Å². The van der Waals surface area contributed by atoms with Gasteiger partial charge in [-0.1, -0.05) is 60.9 Å². The number of carboxylic acid groups (broad SMARTS) is 1. The molecule has 2 aliphatic heterocycles. The van der Waals surface area contributed by atoms with E-state index in [1.54, 1.807) is 77.6 Å². The number of halogens is 1. The van der Waals surface area contributed by atoms with Crippen LogP contribution in [0.4, 0.5) is 17.1 Å². The second kappa shape index (κ2) is 33.7. The van der Waals surface area contributed by atoms with Gasteiger partial charge < -0.3 is 38.8 Å². The van der Waals surface area contributed by atoms with E-state index in [1.165, 1.54) is 49.7 Å². The fourth-order valence-electron chi connectivity index (χ4n) is 12.6. The average Bonchev–Trinajstić information content (AvgIpc) is 1.71. The number of amides is 1. The monoisotopic (exact) mass is 1540 g/mol. The molecule has 0 unspecified atom stereocenters. The number of aromatic carboxylic acids is 1. The van der Waals surface area contributed by atoms with Crippen LogP contribution in [0.1, 0.15) is 87.5 Å². The molecule has 1 amide bonds. The zero-order chi connectivity index (χ0) is 77.6. The Hall–Kier alpha value is -14.3. The molecule has 0 atom stereocenters. The highest BCUT2D eigenvalue weighted by molar-refractivity contribution is 14.1. The fourth-order valence-corrected chi connectivity index (χ4v) is 13.0. The van der Waals surface area contributed by atoms with Gasteiger partial charge in [-0.3, -0.25) is 9.59 Å². The van der Waals surface area contributed by atoms with E-state index >= 15 is 0 Å². The standard InChI is InChI=1S/C37H29N7O4.C23H17N3O2.C20H18N2.C9H4IN/c1-42(2)27-12-15-30-33(19-27)48-34-20-28(43(3)4)13-16-31(34)35(30)32-18-24(9-14-29(32)37(46)47)36(45)39-21-25-22-44(41-40-25)26-10-7-23(8-11-26)6-5-17-38;1-3-26(4-2)16-8-10-19-21(13-16)28-22-14-20(27)17-9-7-15(6-5-11-24)12-18(17)23(22)25-19;1-20(2)18-12-14(6-5-11-21)7-9-16(18)17-10-8-15(22(3)4)13-19(17)20;10-9-5-3-8(4-6-9)2-1-7-11/h7-16,18-20,22H,21H2,1-4H3,(H-,39,45,46,47);7-10,12-14H,3-4H2,1-2H3;7-10,12-13H,1-4H3;3-6H/i;;;10-2. The molecule has 0 fully saturated rings. The molecule has 9 aromatic rings. The largest absolute Gasteiger partial charge is 0.545 e. The summed E-state index contributed by atoms with van der Waals surface area (Å²) in [6.07, 6.45) is 1.69. The molecule has 0 radical (unpaired) electrons. The molecule has 3 aliphatic carbocycles. The van der Waals surface area contributed by atoms with Crippen LogP contribution in [0.5, 0.6) is 0 Å². The number of fused-ring (bicyclic) bond motifs is 9. The molecule has 0 bridgehead atoms. The number of benzene rings is 10. The van der Waals surface area contributed by atoms with E-state index < -0.39 is 11.9 Å². The first-order valence-corrected chi connectivity index (χ1v) is 35.4. The lowest BCUT2D eigenvalue weighted by molar-refractivity contribution is -0.254. The van der Waals surface area contributed by atoms with Crippen molar-refractivity contribution in [3.8, 4) is 122 Å². The van der Waals surface area contributed by atoms with Crippen molar-refractivity contribution < 1.29 is 23.5 Å². The summed E-state index contributed by atoms with van der Waals surface area (Å²) in [5.74, 6) is 19.9. The highest BCUT2D eigenvalue weighted by Crippen LogP contribution is 2.50. The van der Waals surface area contributed by atoms with Crippen LogP contribution >= 0.6 is 22.6 Å². The topological polar surface area (TPSA) is 264 Å². The molecule has 0 spiro atoms. The van der Waals surface area contributed by atoms with Crippen molar-refractivity contribution in [2.75, 3.05) is 70.1 Å². The highest BCUT2D eigenvalue weighted by Gasteiger charge is 2.36. The molecule has 1 aromatic heterocycles. The van der Waals surface area contributed by atoms with Gasteiger partial charge in [0.25, 0.3) is 5.91 Å². The minimum atomic E-state index is -1.37. The second-order valence-corrected chi connectivity index (χ2v) is 27.3. The van der Waals surface area contributed by atoms with Crippen LogP contribution in [0.25, 0.3) is 83.6 Å². The van der Waals surface area contributed by atoms with Gasteiger partial charge in [-0.2, -0.15) is 21.0 Å². The molecular weight excluding hydrogens is 1470 g/mol. The summed E-state index contributed by atoms with van der Waals surface area (Å²) >= 11 is 2.22. The lowest BCUT2D eigenvalue weighted by Gasteiger charge is -2.23. The summed E-state index contributed by atoms with van der Waals surface area (Å²) in [5, 5.41) is 60.5. The maximum absolute atomic E-state index is 13.5. The van der Waals surface area contributed by atoms with E-state index in [-0.39, 0.29) is 28.5 Å². The van der Waals surface area contributed by atoms with Crippen molar-refractivity contribution in [1.82, 2.24) is 29.9 Å². The maximum Gasteiger partial charge on any atom is 0.251 e. The van der Waals surface area contributed by atoms with Gasteiger partial charge in [0.05, 0.1) is 30.5 Å². The van der Waals surface area contributed by atoms with Crippen molar-refractivity contribution >= 4 is 84.4 Å². The molecule has 14 rings (SSSR count). The molecule has 19 nitrogen and oxygen atoms in total. The van der Waals surface area contributed by atoms with Crippen LogP contribution < -0.4 is 40.5 Å². The summed E-state index contributed by atoms with van der Waals surface area (Å²) in [4.78, 5) is 49.5. The molecule has 109 heavy (non-hydrogen) atoms. The van der Waals surface area contributed by atoms with Crippen molar-refractivity contribution in [2.45, 2.75) is 39.7 Å². The Labute approximate surface area is 644 Å². The summed E-state index contributed by atoms with van der Waals surface area (Å²) < 4.78 is 17.1. The molecule has 532 valence electrons. The minimum Gasteiger partial charge on any atom is -0.545 e. The predicted molar refractivity (Wildman–Crippen MR) is 432 cm³/mol. The lowest BCUT2D eigenvalue weighted by atomic mass is 9.82. The van der Waals surface area contributed by atoms with E-state index in [2.05, 4.69) is 168 Å². The van der Waals surface area contributed by atoms with Crippen LogP contribution in [0.2, 0.25) is 0 Å². The van der Waals surface area contributed by atoms with Crippen LogP contribution in [0, 0.1) is 96.3 Å². The first-order valence-electron chi connectivity index (χ1n) is 34.3. The van der Waals surface area contributed by atoms with Crippen LogP contribution in [0.3, 0.4) is 0 Å². The number of rotatable bonds is 11. The number of aromatic nitrogens is 4. The van der Waals surface area contributed by atoms with Gasteiger partial charge in [-0.25, -0.2) is 14.2 Å². The van der Waals surface area contributed by atoms with E-state index in [0.29, 0.717) is 78.1 Å². The smallest absolute Gasteiger partial charge is 0.251 e. The summed E-state index contributed by atoms with van der Waals surface area (Å²) in [5.41, 5.74) is 16.9. The Bertz CT molecular complexity index is 6280. The Kier molecular flexibility index (Phi) is 23.4. The molecule has 20 heteroatoms. The number of carboxylic acids is 1. The predicted octanol–water partition coefficient (Wildman–Crippen LogP) is 13.3. The van der Waals surface area contributed by atoms with Gasteiger partial charge in [0, 0.05) is 176 Å². The third kappa shape index (κ3) is 17.1. The molecular formula is C89H68IN13O6. The molecule has 8 aromatic carbocycles. The number of nitrogens with zero attached hydrogens (tertiary/aromatic N) is 12. The normalized spacial score (nSPS) is 10.9. The molecule has 5 aliphatic rings. The molecule has 3 heterocycles. The van der Waals surface area contributed by atoms with E-state index in [1.807, 2.05) is 129 Å². The van der Waals surface area contributed by atoms with Crippen molar-refractivity contribution in [1.29, 1.82) is 21.0 Å². The number of carbonyl (C=O) groups excluding carboxylic acids is 2. The molecule has 1 N–H and O–H groups in total. The lowest BCUT2D eigenvalue weighted by Crippen LogP contribution is -2.25. The Morgan fingerprint density at radius 3 is 1.76 bits per heavy atom. The van der Waals surface area contributed by atoms with Crippen molar-refractivity contribution in [3.63, 3.8) is 0 Å². The van der Waals surface area contributed by atoms with Gasteiger partial charge in [-0.15, -0.1) is 5.10 Å². The fraction of sp³-hybridized carbons (Fsp3) is 0.157. The maximum atomic E-state index is 13.5. The van der Waals surface area contributed by atoms with Crippen molar-refractivity contribution in [2.24, 2.45) is 0 Å². The number of hydrogen-bond donors (Lipinski definition) is 1. The summed E-state index contributed by atoms with van der Waals surface area (Å²) in [7, 11) is 11.8. The van der Waals surface area contributed by atoms with Gasteiger partial charge in [0.1, 0.15) is 42.3 Å². The molecule has 0 saturated carbocycles. The first-order chi connectivity index (χ1) is 52.5. The van der Waals surface area contributed by atoms with Crippen LogP contribution in [0.15, 0.2) is 202 Å². The van der Waals surface area contributed by atoms with Crippen LogP contribution in [-0.4, -0.2) is 87.2 Å². The van der Waals surface area contributed by atoms with E-state index in [4.69, 9.17) is 34.9 Å². The minimum absolute atomic E-state index is 0.0544. The Morgan fingerprint density at radius 2 is 1.13 bits per heavy atom. The second-order valence-electron chi connectivity index (χ2n) is 26.0.